The third kappa shape index (κ3) is 8.12. The van der Waals surface area contributed by atoms with E-state index in [0.29, 0.717) is 22.6 Å². The van der Waals surface area contributed by atoms with E-state index in [1.165, 1.54) is 19.3 Å². The van der Waals surface area contributed by atoms with Crippen molar-refractivity contribution in [3.8, 4) is 22.5 Å². The summed E-state index contributed by atoms with van der Waals surface area (Å²) in [6.45, 7) is 9.87. The quantitative estimate of drug-likeness (QED) is 0.189. The molecule has 1 saturated heterocycles. The van der Waals surface area contributed by atoms with Crippen LogP contribution in [0.3, 0.4) is 0 Å². The van der Waals surface area contributed by atoms with E-state index < -0.39 is 0 Å². The molecule has 1 aliphatic carbocycles. The molecule has 1 saturated carbocycles. The molecular weight excluding hydrogens is 775 g/mol. The van der Waals surface area contributed by atoms with Crippen LogP contribution in [0.4, 0.5) is 8.78 Å². The zero-order valence-electron chi connectivity index (χ0n) is 33.1. The number of hydrogen-bond acceptors (Lipinski definition) is 7. The van der Waals surface area contributed by atoms with Gasteiger partial charge in [0, 0.05) is 68.3 Å². The van der Waals surface area contributed by atoms with E-state index >= 15 is 8.78 Å². The molecule has 300 valence electrons. The summed E-state index contributed by atoms with van der Waals surface area (Å²) in [4.78, 5) is 18.3. The van der Waals surface area contributed by atoms with Gasteiger partial charge in [-0.05, 0) is 126 Å². The SMILES string of the molecule is Cc1cn2nc(-c3cc(F)c4cc(C5CCCCC5)ncc4c3)cc(C)c2n1.Cc1cn2nc(-c3cc(F)c4cc(C5CCNCC5)ncc4c3)cc(C)c2n1.Cl.Cl. The van der Waals surface area contributed by atoms with Gasteiger partial charge in [0.15, 0.2) is 11.3 Å². The Morgan fingerprint density at radius 2 is 1.02 bits per heavy atom. The van der Waals surface area contributed by atoms with E-state index in [1.807, 2.05) is 82.7 Å². The number of halogens is 4. The molecule has 2 aromatic carbocycles. The van der Waals surface area contributed by atoms with Crippen LogP contribution >= 0.6 is 24.8 Å². The Bertz CT molecular complexity index is 2580. The van der Waals surface area contributed by atoms with Gasteiger partial charge in [0.25, 0.3) is 0 Å². The second-order valence-corrected chi connectivity index (χ2v) is 15.7. The van der Waals surface area contributed by atoms with Gasteiger partial charge in [-0.15, -0.1) is 24.8 Å². The highest BCUT2D eigenvalue weighted by Gasteiger charge is 2.20. The van der Waals surface area contributed by atoms with Crippen LogP contribution in [0, 0.1) is 39.3 Å². The number of pyridine rings is 2. The fourth-order valence-corrected chi connectivity index (χ4v) is 8.49. The van der Waals surface area contributed by atoms with E-state index in [-0.39, 0.29) is 36.4 Å². The third-order valence-electron chi connectivity index (χ3n) is 11.4. The molecule has 1 N–H and O–H groups in total. The monoisotopic (exact) mass is 821 g/mol. The van der Waals surface area contributed by atoms with E-state index in [4.69, 9.17) is 0 Å². The molecule has 10 rings (SSSR count). The van der Waals surface area contributed by atoms with Crippen molar-refractivity contribution >= 4 is 57.7 Å². The largest absolute Gasteiger partial charge is 0.317 e. The lowest BCUT2D eigenvalue weighted by Gasteiger charge is -2.22. The fraction of sp³-hybridized carbons (Fsp3) is 0.333. The van der Waals surface area contributed by atoms with Gasteiger partial charge in [-0.2, -0.15) is 10.2 Å². The van der Waals surface area contributed by atoms with Gasteiger partial charge in [-0.3, -0.25) is 9.97 Å². The Morgan fingerprint density at radius 1 is 0.569 bits per heavy atom. The molecule has 1 aliphatic heterocycles. The second kappa shape index (κ2) is 17.0. The van der Waals surface area contributed by atoms with Gasteiger partial charge in [-0.1, -0.05) is 19.3 Å². The predicted molar refractivity (Wildman–Crippen MR) is 231 cm³/mol. The topological polar surface area (TPSA) is 98.2 Å². The Balaban J connectivity index is 0.000000171. The van der Waals surface area contributed by atoms with Crippen LogP contribution < -0.4 is 5.32 Å². The maximum Gasteiger partial charge on any atom is 0.156 e. The first-order chi connectivity index (χ1) is 27.2. The summed E-state index contributed by atoms with van der Waals surface area (Å²) in [5.41, 5.74) is 10.5. The van der Waals surface area contributed by atoms with Crippen molar-refractivity contribution < 1.29 is 8.78 Å². The number of aromatic nitrogens is 8. The van der Waals surface area contributed by atoms with Crippen LogP contribution in [0.2, 0.25) is 0 Å². The van der Waals surface area contributed by atoms with E-state index in [9.17, 15) is 0 Å². The van der Waals surface area contributed by atoms with E-state index in [0.717, 1.165) is 117 Å². The highest BCUT2D eigenvalue weighted by atomic mass is 35.5. The highest BCUT2D eigenvalue weighted by molar-refractivity contribution is 5.88. The van der Waals surface area contributed by atoms with Gasteiger partial charge in [0.1, 0.15) is 11.6 Å². The van der Waals surface area contributed by atoms with Crippen molar-refractivity contribution in [3.05, 3.63) is 119 Å². The number of imidazole rings is 2. The minimum Gasteiger partial charge on any atom is -0.317 e. The van der Waals surface area contributed by atoms with Gasteiger partial charge in [-0.25, -0.2) is 27.8 Å². The minimum atomic E-state index is -0.230. The van der Waals surface area contributed by atoms with Gasteiger partial charge < -0.3 is 5.32 Å². The molecule has 0 spiro atoms. The number of benzene rings is 2. The van der Waals surface area contributed by atoms with Crippen molar-refractivity contribution in [1.29, 1.82) is 0 Å². The number of aryl methyl sites for hydroxylation is 4. The van der Waals surface area contributed by atoms with Crippen LogP contribution in [-0.2, 0) is 0 Å². The van der Waals surface area contributed by atoms with Crippen molar-refractivity contribution in [2.45, 2.75) is 84.5 Å². The molecular formula is C45H47Cl2F2N9. The van der Waals surface area contributed by atoms with E-state index in [2.05, 4.69) is 35.5 Å². The first-order valence-corrected chi connectivity index (χ1v) is 19.7. The van der Waals surface area contributed by atoms with Gasteiger partial charge in [0.05, 0.1) is 35.2 Å². The smallest absolute Gasteiger partial charge is 0.156 e. The summed E-state index contributed by atoms with van der Waals surface area (Å²) in [6.07, 6.45) is 15.6. The number of piperidine rings is 1. The zero-order valence-corrected chi connectivity index (χ0v) is 34.7. The first-order valence-electron chi connectivity index (χ1n) is 19.7. The molecule has 0 radical (unpaired) electrons. The molecule has 0 unspecified atom stereocenters. The van der Waals surface area contributed by atoms with Crippen LogP contribution in [0.1, 0.15) is 90.7 Å². The minimum absolute atomic E-state index is 0. The average Bonchev–Trinajstić information content (AvgIpc) is 3.80. The van der Waals surface area contributed by atoms with Gasteiger partial charge >= 0.3 is 0 Å². The van der Waals surface area contributed by atoms with Crippen LogP contribution in [0.15, 0.2) is 73.3 Å². The Labute approximate surface area is 348 Å². The third-order valence-corrected chi connectivity index (χ3v) is 11.4. The second-order valence-electron chi connectivity index (χ2n) is 15.7. The van der Waals surface area contributed by atoms with Gasteiger partial charge in [0.2, 0.25) is 0 Å². The molecule has 6 aromatic heterocycles. The summed E-state index contributed by atoms with van der Waals surface area (Å²) in [7, 11) is 0. The molecule has 58 heavy (non-hydrogen) atoms. The van der Waals surface area contributed by atoms with E-state index in [1.54, 1.807) is 27.4 Å². The fourth-order valence-electron chi connectivity index (χ4n) is 8.49. The van der Waals surface area contributed by atoms with Crippen molar-refractivity contribution in [1.82, 2.24) is 44.5 Å². The molecule has 7 heterocycles. The molecule has 2 aliphatic rings. The number of hydrogen-bond donors (Lipinski definition) is 1. The van der Waals surface area contributed by atoms with Crippen LogP contribution in [-0.4, -0.2) is 52.3 Å². The lowest BCUT2D eigenvalue weighted by Crippen LogP contribution is -2.27. The van der Waals surface area contributed by atoms with Crippen molar-refractivity contribution in [2.75, 3.05) is 13.1 Å². The summed E-state index contributed by atoms with van der Waals surface area (Å²) in [5.74, 6) is 0.425. The lowest BCUT2D eigenvalue weighted by molar-refractivity contribution is 0.437. The Hall–Kier alpha value is -5.10. The predicted octanol–water partition coefficient (Wildman–Crippen LogP) is 10.8. The molecule has 0 amide bonds. The highest BCUT2D eigenvalue weighted by Crippen LogP contribution is 2.35. The Kier molecular flexibility index (Phi) is 12.0. The van der Waals surface area contributed by atoms with Crippen LogP contribution in [0.5, 0.6) is 0 Å². The normalized spacial score (nSPS) is 15.0. The number of fused-ring (bicyclic) bond motifs is 4. The molecule has 0 bridgehead atoms. The number of rotatable bonds is 4. The number of nitrogens with one attached hydrogen (secondary N) is 1. The zero-order chi connectivity index (χ0) is 38.5. The van der Waals surface area contributed by atoms with Crippen molar-refractivity contribution in [2.24, 2.45) is 0 Å². The molecule has 0 atom stereocenters. The number of nitrogens with zero attached hydrogens (tertiary/aromatic N) is 8. The van der Waals surface area contributed by atoms with Crippen molar-refractivity contribution in [3.63, 3.8) is 0 Å². The molecule has 2 fully saturated rings. The summed E-state index contributed by atoms with van der Waals surface area (Å²) in [5, 5.41) is 15.5. The maximum absolute atomic E-state index is 15.0. The standard InChI is InChI=1S/C23H23FN4.C22H22FN5.2ClH/c1-14-8-22(27-28-13-15(2)26-23(14)28)17-9-18-12-25-21(11-19(18)20(24)10-17)16-6-4-3-5-7-16;1-13-7-21(27-28-12-14(2)26-22(13)28)16-8-17-11-25-20(10-18(17)19(23)9-16)15-3-5-24-6-4-15;;/h8-13,16H,3-7H2,1-2H3;7-12,15,24H,3-6H2,1-2H3;2*1H. The molecule has 9 nitrogen and oxygen atoms in total. The summed E-state index contributed by atoms with van der Waals surface area (Å²) in [6, 6.07) is 14.9. The first kappa shape index (κ1) is 41.1. The average molecular weight is 823 g/mol. The van der Waals surface area contributed by atoms with Crippen LogP contribution in [0.25, 0.3) is 55.4 Å². The molecule has 8 aromatic rings. The summed E-state index contributed by atoms with van der Waals surface area (Å²) < 4.78 is 33.6. The summed E-state index contributed by atoms with van der Waals surface area (Å²) >= 11 is 0. The Morgan fingerprint density at radius 3 is 1.48 bits per heavy atom. The molecule has 13 heteroatoms. The lowest BCUT2D eigenvalue weighted by atomic mass is 9.86. The maximum atomic E-state index is 15.0.